The fraction of sp³-hybridized carbons (Fsp3) is 0.529. The van der Waals surface area contributed by atoms with Crippen molar-refractivity contribution in [1.82, 2.24) is 0 Å². The van der Waals surface area contributed by atoms with Crippen LogP contribution in [0.3, 0.4) is 0 Å². The van der Waals surface area contributed by atoms with Gasteiger partial charge in [0, 0.05) is 11.5 Å². The van der Waals surface area contributed by atoms with E-state index in [9.17, 15) is 19.8 Å². The molecule has 124 valence electrons. The van der Waals surface area contributed by atoms with E-state index in [-0.39, 0.29) is 17.6 Å². The van der Waals surface area contributed by atoms with Gasteiger partial charge in [0.05, 0.1) is 23.7 Å². The Hall–Kier alpha value is -2.08. The number of ether oxygens (including phenoxy) is 2. The molecule has 2 N–H and O–H groups in total. The Labute approximate surface area is 134 Å². The van der Waals surface area contributed by atoms with Crippen LogP contribution < -0.4 is 4.74 Å². The number of carbonyl (C=O) groups is 2. The first-order valence-corrected chi connectivity index (χ1v) is 7.65. The Bertz CT molecular complexity index is 665. The van der Waals surface area contributed by atoms with Gasteiger partial charge < -0.3 is 19.7 Å². The highest BCUT2D eigenvalue weighted by molar-refractivity contribution is 5.88. The largest absolute Gasteiger partial charge is 0.487 e. The first kappa shape index (κ1) is 15.8. The summed E-state index contributed by atoms with van der Waals surface area (Å²) in [6.07, 6.45) is -0.368. The minimum absolute atomic E-state index is 0.156. The molecule has 1 saturated heterocycles. The van der Waals surface area contributed by atoms with E-state index in [0.717, 1.165) is 0 Å². The third-order valence-electron chi connectivity index (χ3n) is 4.95. The fourth-order valence-corrected chi connectivity index (χ4v) is 3.61. The van der Waals surface area contributed by atoms with E-state index in [1.807, 2.05) is 13.8 Å². The molecule has 2 aliphatic heterocycles. The maximum absolute atomic E-state index is 11.4. The Morgan fingerprint density at radius 3 is 2.57 bits per heavy atom. The van der Waals surface area contributed by atoms with Crippen LogP contribution in [0.1, 0.15) is 49.2 Å². The minimum Gasteiger partial charge on any atom is -0.487 e. The van der Waals surface area contributed by atoms with Crippen LogP contribution >= 0.6 is 0 Å². The van der Waals surface area contributed by atoms with Crippen molar-refractivity contribution in [2.75, 3.05) is 0 Å². The van der Waals surface area contributed by atoms with E-state index in [4.69, 9.17) is 9.47 Å². The first-order chi connectivity index (χ1) is 10.7. The summed E-state index contributed by atoms with van der Waals surface area (Å²) in [5.74, 6) is -2.04. The molecule has 0 radical (unpaired) electrons. The van der Waals surface area contributed by atoms with Crippen LogP contribution in [0.4, 0.5) is 0 Å². The summed E-state index contributed by atoms with van der Waals surface area (Å²) in [6, 6.07) is 4.72. The first-order valence-electron chi connectivity index (χ1n) is 7.65. The van der Waals surface area contributed by atoms with Gasteiger partial charge in [-0.3, -0.25) is 4.79 Å². The van der Waals surface area contributed by atoms with Gasteiger partial charge in [-0.2, -0.15) is 0 Å². The van der Waals surface area contributed by atoms with Crippen molar-refractivity contribution in [3.05, 3.63) is 29.3 Å². The van der Waals surface area contributed by atoms with Crippen molar-refractivity contribution in [3.8, 4) is 5.75 Å². The maximum atomic E-state index is 11.4. The van der Waals surface area contributed by atoms with Gasteiger partial charge in [0.25, 0.3) is 0 Å². The zero-order valence-corrected chi connectivity index (χ0v) is 13.3. The Morgan fingerprint density at radius 1 is 1.26 bits per heavy atom. The Kier molecular flexibility index (Phi) is 3.59. The molecule has 0 saturated carbocycles. The van der Waals surface area contributed by atoms with E-state index >= 15 is 0 Å². The number of carboxylic acids is 2. The van der Waals surface area contributed by atoms with Crippen molar-refractivity contribution >= 4 is 11.9 Å². The molecule has 4 atom stereocenters. The van der Waals surface area contributed by atoms with Crippen molar-refractivity contribution < 1.29 is 29.3 Å². The zero-order chi connectivity index (χ0) is 16.9. The Balaban J connectivity index is 2.05. The molecule has 0 aliphatic carbocycles. The van der Waals surface area contributed by atoms with Crippen LogP contribution in [-0.4, -0.2) is 33.9 Å². The van der Waals surface area contributed by atoms with Crippen molar-refractivity contribution in [3.63, 3.8) is 0 Å². The Morgan fingerprint density at radius 2 is 1.96 bits per heavy atom. The molecule has 0 bridgehead atoms. The molecule has 23 heavy (non-hydrogen) atoms. The third-order valence-corrected chi connectivity index (χ3v) is 4.95. The summed E-state index contributed by atoms with van der Waals surface area (Å²) in [4.78, 5) is 22.7. The molecule has 0 amide bonds. The molecule has 3 rings (SSSR count). The van der Waals surface area contributed by atoms with E-state index in [1.54, 1.807) is 19.1 Å². The second-order valence-electron chi connectivity index (χ2n) is 6.81. The van der Waals surface area contributed by atoms with E-state index in [1.165, 1.54) is 6.07 Å². The summed E-state index contributed by atoms with van der Waals surface area (Å²) < 4.78 is 12.0. The van der Waals surface area contributed by atoms with E-state index in [0.29, 0.717) is 17.7 Å². The summed E-state index contributed by atoms with van der Waals surface area (Å²) in [6.45, 7) is 5.58. The lowest BCUT2D eigenvalue weighted by molar-refractivity contribution is -0.183. The number of rotatable bonds is 2. The summed E-state index contributed by atoms with van der Waals surface area (Å²) in [7, 11) is 0. The molecule has 1 fully saturated rings. The highest BCUT2D eigenvalue weighted by Crippen LogP contribution is 2.51. The number of hydrogen-bond donors (Lipinski definition) is 2. The normalized spacial score (nSPS) is 31.4. The van der Waals surface area contributed by atoms with Gasteiger partial charge in [-0.25, -0.2) is 4.79 Å². The maximum Gasteiger partial charge on any atom is 0.335 e. The number of aromatic carboxylic acids is 1. The van der Waals surface area contributed by atoms with Gasteiger partial charge in [0.1, 0.15) is 11.4 Å². The van der Waals surface area contributed by atoms with Gasteiger partial charge in [-0.1, -0.05) is 0 Å². The van der Waals surface area contributed by atoms with Crippen molar-refractivity contribution in [1.29, 1.82) is 0 Å². The van der Waals surface area contributed by atoms with Crippen LogP contribution in [-0.2, 0) is 9.53 Å². The second kappa shape index (κ2) is 5.23. The molecule has 0 aromatic heterocycles. The molecule has 2 aliphatic rings. The van der Waals surface area contributed by atoms with Crippen LogP contribution in [0.5, 0.6) is 5.75 Å². The fourth-order valence-electron chi connectivity index (χ4n) is 3.61. The molecule has 6 nitrogen and oxygen atoms in total. The highest BCUT2D eigenvalue weighted by Gasteiger charge is 2.51. The number of hydrogen-bond acceptors (Lipinski definition) is 4. The molecule has 2 heterocycles. The molecule has 1 aromatic carbocycles. The zero-order valence-electron chi connectivity index (χ0n) is 13.3. The van der Waals surface area contributed by atoms with Gasteiger partial charge >= 0.3 is 11.9 Å². The molecule has 0 spiro atoms. The third kappa shape index (κ3) is 2.57. The van der Waals surface area contributed by atoms with Gasteiger partial charge in [0.2, 0.25) is 0 Å². The number of fused-ring (bicyclic) bond motifs is 3. The van der Waals surface area contributed by atoms with Crippen LogP contribution in [0.25, 0.3) is 0 Å². The van der Waals surface area contributed by atoms with Gasteiger partial charge in [0.15, 0.2) is 0 Å². The van der Waals surface area contributed by atoms with Crippen LogP contribution in [0.15, 0.2) is 18.2 Å². The molecule has 1 aromatic rings. The van der Waals surface area contributed by atoms with Gasteiger partial charge in [-0.15, -0.1) is 0 Å². The molecular weight excluding hydrogens is 300 g/mol. The highest BCUT2D eigenvalue weighted by atomic mass is 16.5. The number of aliphatic carboxylic acids is 1. The van der Waals surface area contributed by atoms with E-state index in [2.05, 4.69) is 0 Å². The smallest absolute Gasteiger partial charge is 0.335 e. The van der Waals surface area contributed by atoms with Crippen LogP contribution in [0.2, 0.25) is 0 Å². The second-order valence-corrected chi connectivity index (χ2v) is 6.81. The van der Waals surface area contributed by atoms with Crippen molar-refractivity contribution in [2.24, 2.45) is 11.8 Å². The average Bonchev–Trinajstić information content (AvgIpc) is 2.45. The lowest BCUT2D eigenvalue weighted by Gasteiger charge is -2.49. The quantitative estimate of drug-likeness (QED) is 0.870. The SMILES string of the molecule is C[C@@H]1O[C@@H]2c3cc(C(=O)O)ccc3OC(C)(C)[C@H]2C[C@@H]1C(=O)O. The monoisotopic (exact) mass is 320 g/mol. The molecular formula is C17H20O6. The summed E-state index contributed by atoms with van der Waals surface area (Å²) >= 11 is 0. The van der Waals surface area contributed by atoms with Crippen molar-refractivity contribution in [2.45, 2.75) is 45.0 Å². The summed E-state index contributed by atoms with van der Waals surface area (Å²) in [5.41, 5.74) is 0.267. The summed E-state index contributed by atoms with van der Waals surface area (Å²) in [5, 5.41) is 18.6. The number of carboxylic acid groups (broad SMARTS) is 2. The standard InChI is InChI=1S/C17H20O6/c1-8-10(16(20)21)7-12-14(22-8)11-6-9(15(18)19)4-5-13(11)23-17(12,2)3/h4-6,8,10,12,14H,7H2,1-3H3,(H,18,19)(H,20,21)/t8-,10-,12-,14+/m0/s1. The van der Waals surface area contributed by atoms with E-state index < -0.39 is 29.6 Å². The van der Waals surface area contributed by atoms with Crippen LogP contribution in [0, 0.1) is 11.8 Å². The topological polar surface area (TPSA) is 93.1 Å². The predicted octanol–water partition coefficient (Wildman–Crippen LogP) is 2.72. The lowest BCUT2D eigenvalue weighted by Crippen LogP contribution is -2.51. The van der Waals surface area contributed by atoms with Gasteiger partial charge in [-0.05, 0) is 45.4 Å². The minimum atomic E-state index is -1.01. The average molecular weight is 320 g/mol. The molecule has 6 heteroatoms. The molecule has 0 unspecified atom stereocenters. The number of benzene rings is 1. The predicted molar refractivity (Wildman–Crippen MR) is 80.6 cm³/mol. The lowest BCUT2D eigenvalue weighted by atomic mass is 9.72.